The van der Waals surface area contributed by atoms with E-state index in [-0.39, 0.29) is 5.56 Å². The van der Waals surface area contributed by atoms with Gasteiger partial charge in [0.1, 0.15) is 0 Å². The number of nitrogens with zero attached hydrogens (tertiary/aromatic N) is 1. The molecule has 1 aliphatic rings. The molecule has 0 aromatic carbocycles. The first-order valence-electron chi connectivity index (χ1n) is 5.03. The molecule has 0 saturated heterocycles. The van der Waals surface area contributed by atoms with Crippen molar-refractivity contribution in [1.82, 2.24) is 4.57 Å². The molecule has 0 spiro atoms. The Kier molecular flexibility index (Phi) is 2.77. The first-order valence-corrected chi connectivity index (χ1v) is 5.82. The zero-order valence-electron chi connectivity index (χ0n) is 8.29. The Bertz CT molecular complexity index is 393. The van der Waals surface area contributed by atoms with E-state index in [2.05, 4.69) is 15.9 Å². The minimum absolute atomic E-state index is 0.0995. The largest absolute Gasteiger partial charge is 0.314 e. The summed E-state index contributed by atoms with van der Waals surface area (Å²) in [7, 11) is 0. The van der Waals surface area contributed by atoms with Crippen LogP contribution in [0.4, 0.5) is 0 Å². The highest BCUT2D eigenvalue weighted by Gasteiger charge is 2.18. The summed E-state index contributed by atoms with van der Waals surface area (Å²) < 4.78 is 2.51. The van der Waals surface area contributed by atoms with Crippen LogP contribution in [0.1, 0.15) is 24.8 Å². The van der Waals surface area contributed by atoms with Crippen LogP contribution < -0.4 is 5.56 Å². The molecule has 1 heterocycles. The molecule has 1 fully saturated rings. The maximum Gasteiger partial charge on any atom is 0.264 e. The zero-order valence-corrected chi connectivity index (χ0v) is 9.88. The standard InChI is InChI=1S/C11H14BrNO/c1-8-5-10(12)11(14)13(6-8)7-9-3-2-4-9/h5-6,9H,2-4,7H2,1H3. The molecule has 1 aromatic heterocycles. The lowest BCUT2D eigenvalue weighted by molar-refractivity contribution is 0.273. The second-order valence-corrected chi connectivity index (χ2v) is 4.97. The van der Waals surface area contributed by atoms with Gasteiger partial charge in [-0.3, -0.25) is 4.79 Å². The molecule has 1 aliphatic carbocycles. The van der Waals surface area contributed by atoms with Crippen LogP contribution in [0.15, 0.2) is 21.5 Å². The SMILES string of the molecule is Cc1cc(Br)c(=O)n(CC2CCC2)c1. The second kappa shape index (κ2) is 3.89. The van der Waals surface area contributed by atoms with Crippen LogP contribution >= 0.6 is 15.9 Å². The molecule has 3 heteroatoms. The van der Waals surface area contributed by atoms with Gasteiger partial charge in [-0.2, -0.15) is 0 Å². The fourth-order valence-electron chi connectivity index (χ4n) is 1.83. The second-order valence-electron chi connectivity index (χ2n) is 4.12. The summed E-state index contributed by atoms with van der Waals surface area (Å²) >= 11 is 3.29. The van der Waals surface area contributed by atoms with Crippen LogP contribution in [0.25, 0.3) is 0 Å². The molecule has 0 atom stereocenters. The number of rotatable bonds is 2. The molecule has 0 radical (unpaired) electrons. The minimum atomic E-state index is 0.0995. The molecule has 1 saturated carbocycles. The number of aryl methyl sites for hydroxylation is 1. The van der Waals surface area contributed by atoms with Gasteiger partial charge in [0.2, 0.25) is 0 Å². The van der Waals surface area contributed by atoms with E-state index in [0.717, 1.165) is 18.0 Å². The summed E-state index contributed by atoms with van der Waals surface area (Å²) in [5, 5.41) is 0. The molecule has 76 valence electrons. The molecule has 0 bridgehead atoms. The van der Waals surface area contributed by atoms with Crippen LogP contribution in [0.5, 0.6) is 0 Å². The van der Waals surface area contributed by atoms with Crippen molar-refractivity contribution in [3.8, 4) is 0 Å². The molecule has 14 heavy (non-hydrogen) atoms. The van der Waals surface area contributed by atoms with Gasteiger partial charge in [-0.15, -0.1) is 0 Å². The Morgan fingerprint density at radius 3 is 2.86 bits per heavy atom. The third-order valence-electron chi connectivity index (χ3n) is 2.86. The molecular formula is C11H14BrNO. The number of hydrogen-bond acceptors (Lipinski definition) is 1. The number of pyridine rings is 1. The molecule has 0 unspecified atom stereocenters. The van der Waals surface area contributed by atoms with Crippen molar-refractivity contribution in [2.45, 2.75) is 32.7 Å². The highest BCUT2D eigenvalue weighted by atomic mass is 79.9. The van der Waals surface area contributed by atoms with E-state index in [1.165, 1.54) is 19.3 Å². The normalized spacial score (nSPS) is 16.7. The van der Waals surface area contributed by atoms with Crippen LogP contribution in [-0.4, -0.2) is 4.57 Å². The summed E-state index contributed by atoms with van der Waals surface area (Å²) in [6, 6.07) is 1.87. The monoisotopic (exact) mass is 255 g/mol. The summed E-state index contributed by atoms with van der Waals surface area (Å²) in [6.45, 7) is 2.90. The van der Waals surface area contributed by atoms with Crippen LogP contribution in [-0.2, 0) is 6.54 Å². The Balaban J connectivity index is 2.27. The summed E-state index contributed by atoms with van der Waals surface area (Å²) in [5.74, 6) is 0.724. The average molecular weight is 256 g/mol. The van der Waals surface area contributed by atoms with E-state index in [0.29, 0.717) is 4.47 Å². The van der Waals surface area contributed by atoms with Gasteiger partial charge in [0.05, 0.1) is 4.47 Å². The van der Waals surface area contributed by atoms with Crippen molar-refractivity contribution in [2.75, 3.05) is 0 Å². The van der Waals surface area contributed by atoms with Gasteiger partial charge in [-0.05, 0) is 53.2 Å². The zero-order chi connectivity index (χ0) is 10.1. The van der Waals surface area contributed by atoms with Gasteiger partial charge < -0.3 is 4.57 Å². The van der Waals surface area contributed by atoms with E-state index < -0.39 is 0 Å². The lowest BCUT2D eigenvalue weighted by Crippen LogP contribution is -2.27. The van der Waals surface area contributed by atoms with Crippen molar-refractivity contribution in [1.29, 1.82) is 0 Å². The maximum atomic E-state index is 11.7. The predicted molar refractivity (Wildman–Crippen MR) is 60.5 cm³/mol. The first-order chi connectivity index (χ1) is 6.66. The fourth-order valence-corrected chi connectivity index (χ4v) is 2.42. The van der Waals surface area contributed by atoms with Crippen LogP contribution in [0.2, 0.25) is 0 Å². The van der Waals surface area contributed by atoms with Crippen molar-refractivity contribution in [3.05, 3.63) is 32.7 Å². The lowest BCUT2D eigenvalue weighted by Gasteiger charge is -2.26. The Hall–Kier alpha value is -0.570. The van der Waals surface area contributed by atoms with Gasteiger partial charge in [0.15, 0.2) is 0 Å². The molecule has 1 aromatic rings. The van der Waals surface area contributed by atoms with Gasteiger partial charge in [-0.1, -0.05) is 6.42 Å². The third-order valence-corrected chi connectivity index (χ3v) is 3.43. The van der Waals surface area contributed by atoms with Gasteiger partial charge in [-0.25, -0.2) is 0 Å². The minimum Gasteiger partial charge on any atom is -0.314 e. The average Bonchev–Trinajstić information content (AvgIpc) is 2.05. The molecular weight excluding hydrogens is 242 g/mol. The summed E-state index contributed by atoms with van der Waals surface area (Å²) in [6.07, 6.45) is 5.83. The van der Waals surface area contributed by atoms with E-state index in [4.69, 9.17) is 0 Å². The molecule has 0 N–H and O–H groups in total. The Morgan fingerprint density at radius 1 is 1.57 bits per heavy atom. The highest BCUT2D eigenvalue weighted by Crippen LogP contribution is 2.27. The Labute approximate surface area is 92.1 Å². The maximum absolute atomic E-state index is 11.7. The first kappa shape index (κ1) is 9.97. The summed E-state index contributed by atoms with van der Waals surface area (Å²) in [4.78, 5) is 11.7. The van der Waals surface area contributed by atoms with Gasteiger partial charge in [0.25, 0.3) is 5.56 Å². The summed E-state index contributed by atoms with van der Waals surface area (Å²) in [5.41, 5.74) is 1.23. The molecule has 2 rings (SSSR count). The topological polar surface area (TPSA) is 22.0 Å². The van der Waals surface area contributed by atoms with Crippen LogP contribution in [0, 0.1) is 12.8 Å². The highest BCUT2D eigenvalue weighted by molar-refractivity contribution is 9.10. The van der Waals surface area contributed by atoms with Crippen molar-refractivity contribution in [3.63, 3.8) is 0 Å². The van der Waals surface area contributed by atoms with Crippen molar-refractivity contribution < 1.29 is 0 Å². The van der Waals surface area contributed by atoms with Crippen molar-refractivity contribution in [2.24, 2.45) is 5.92 Å². The van der Waals surface area contributed by atoms with Gasteiger partial charge in [0, 0.05) is 12.7 Å². The van der Waals surface area contributed by atoms with Crippen LogP contribution in [0.3, 0.4) is 0 Å². The van der Waals surface area contributed by atoms with E-state index in [1.54, 1.807) is 0 Å². The quantitative estimate of drug-likeness (QED) is 0.797. The van der Waals surface area contributed by atoms with E-state index >= 15 is 0 Å². The number of aromatic nitrogens is 1. The Morgan fingerprint density at radius 2 is 2.29 bits per heavy atom. The number of halogens is 1. The lowest BCUT2D eigenvalue weighted by atomic mass is 9.85. The predicted octanol–water partition coefficient (Wildman–Crippen LogP) is 2.72. The number of hydrogen-bond donors (Lipinski definition) is 0. The van der Waals surface area contributed by atoms with E-state index in [1.807, 2.05) is 23.8 Å². The van der Waals surface area contributed by atoms with E-state index in [9.17, 15) is 4.79 Å². The molecule has 0 aliphatic heterocycles. The fraction of sp³-hybridized carbons (Fsp3) is 0.545. The van der Waals surface area contributed by atoms with Crippen molar-refractivity contribution >= 4 is 15.9 Å². The smallest absolute Gasteiger partial charge is 0.264 e. The molecule has 2 nitrogen and oxygen atoms in total. The molecule has 0 amide bonds. The van der Waals surface area contributed by atoms with Gasteiger partial charge >= 0.3 is 0 Å². The third kappa shape index (κ3) is 1.92.